The van der Waals surface area contributed by atoms with Crippen molar-refractivity contribution in [1.29, 1.82) is 0 Å². The third-order valence-corrected chi connectivity index (χ3v) is 14.0. The van der Waals surface area contributed by atoms with Gasteiger partial charge in [0, 0.05) is 30.2 Å². The lowest BCUT2D eigenvalue weighted by Crippen LogP contribution is -2.63. The number of Topliss-reactive ketones (excluding diaryl/α,β-unsaturated/α-hetero) is 2. The number of ether oxygens (including phenoxy) is 1. The van der Waals surface area contributed by atoms with Gasteiger partial charge in [-0.2, -0.15) is 5.10 Å². The number of benzene rings is 3. The summed E-state index contributed by atoms with van der Waals surface area (Å²) in [5, 5.41) is 17.2. The fourth-order valence-electron chi connectivity index (χ4n) is 11.3. The van der Waals surface area contributed by atoms with Crippen molar-refractivity contribution in [2.45, 2.75) is 103 Å². The number of rotatable bonds is 11. The molecule has 4 aromatic rings. The van der Waals surface area contributed by atoms with Gasteiger partial charge in [0.1, 0.15) is 0 Å². The van der Waals surface area contributed by atoms with Gasteiger partial charge in [-0.25, -0.2) is 4.68 Å². The summed E-state index contributed by atoms with van der Waals surface area (Å²) >= 11 is 0. The molecule has 0 bridgehead atoms. The van der Waals surface area contributed by atoms with Gasteiger partial charge in [-0.15, -0.1) is 0 Å². The zero-order chi connectivity index (χ0) is 37.7. The minimum Gasteiger partial charge on any atom is -0.450 e. The van der Waals surface area contributed by atoms with Gasteiger partial charge in [0.2, 0.25) is 0 Å². The molecule has 7 heteroatoms. The normalized spacial score (nSPS) is 29.6. The Balaban J connectivity index is 1.04. The highest BCUT2D eigenvalue weighted by atomic mass is 16.6. The zero-order valence-electron chi connectivity index (χ0n) is 31.8. The van der Waals surface area contributed by atoms with Gasteiger partial charge in [0.15, 0.2) is 17.2 Å². The molecule has 1 heterocycles. The molecule has 4 aliphatic rings. The number of allylic oxidation sites excluding steroid dienone is 1. The summed E-state index contributed by atoms with van der Waals surface area (Å²) in [5.41, 5.74) is 5.14. The maximum Gasteiger partial charge on any atom is 0.306 e. The number of hydrogen-bond donors (Lipinski definition) is 1. The lowest BCUT2D eigenvalue weighted by atomic mass is 9.45. The van der Waals surface area contributed by atoms with E-state index in [1.165, 1.54) is 5.57 Å². The molecule has 280 valence electrons. The minimum absolute atomic E-state index is 0.00902. The third-order valence-electron chi connectivity index (χ3n) is 14.0. The van der Waals surface area contributed by atoms with Crippen LogP contribution in [0, 0.1) is 28.6 Å². The van der Waals surface area contributed by atoms with Crippen molar-refractivity contribution in [3.8, 4) is 5.69 Å². The third kappa shape index (κ3) is 6.09. The number of aryl methyl sites for hydroxylation is 2. The average molecular weight is 725 g/mol. The molecule has 0 aliphatic heterocycles. The van der Waals surface area contributed by atoms with E-state index in [1.54, 1.807) is 6.92 Å². The topological polar surface area (TPSA) is 98.5 Å². The minimum atomic E-state index is -1.24. The summed E-state index contributed by atoms with van der Waals surface area (Å²) in [5.74, 6) is 0.114. The SMILES string of the molecule is CCC(=O)O[C@]1(C(=O)CCc2ccccc2)CCC2C3CCC4=Cc5c(cnn5-c5cccc(C(=O)CCc6ccccc6)c5)C[C@]4(C)C3[C@@H](O)C[C@@]21C. The summed E-state index contributed by atoms with van der Waals surface area (Å²) in [7, 11) is 0. The standard InChI is InChI=1S/C47H52N2O5/c1-4-43(53)54-47(42(52)23-19-32-14-9-6-10-15-32)25-24-38-37-21-20-35-27-39-34(28-45(35,2)44(37)41(51)29-46(38,47)3)30-48-49(39)36-17-11-16-33(26-36)40(50)22-18-31-12-7-5-8-13-31/h5-17,26-27,30,37-38,41,44,51H,4,18-25,28-29H2,1-3H3/t37?,38?,41-,44?,45-,46-,47-/m0/s1. The molecule has 4 aliphatic carbocycles. The summed E-state index contributed by atoms with van der Waals surface area (Å²) in [6.07, 6.45) is 10.1. The van der Waals surface area contributed by atoms with Crippen LogP contribution >= 0.6 is 0 Å². The largest absolute Gasteiger partial charge is 0.450 e. The molecule has 0 amide bonds. The molecular weight excluding hydrogens is 673 g/mol. The molecule has 3 unspecified atom stereocenters. The number of fused-ring (bicyclic) bond motifs is 6. The Labute approximate surface area is 318 Å². The number of ketones is 2. The predicted molar refractivity (Wildman–Crippen MR) is 209 cm³/mol. The molecule has 0 spiro atoms. The van der Waals surface area contributed by atoms with Crippen molar-refractivity contribution in [3.05, 3.63) is 125 Å². The van der Waals surface area contributed by atoms with Crippen molar-refractivity contribution >= 4 is 23.6 Å². The predicted octanol–water partition coefficient (Wildman–Crippen LogP) is 8.73. The van der Waals surface area contributed by atoms with Crippen LogP contribution in [0.25, 0.3) is 11.8 Å². The van der Waals surface area contributed by atoms with E-state index in [0.717, 1.165) is 53.8 Å². The monoisotopic (exact) mass is 724 g/mol. The molecule has 7 atom stereocenters. The van der Waals surface area contributed by atoms with Crippen LogP contribution in [0.4, 0.5) is 0 Å². The summed E-state index contributed by atoms with van der Waals surface area (Å²) in [6.45, 7) is 6.23. The van der Waals surface area contributed by atoms with Gasteiger partial charge in [-0.05, 0) is 109 Å². The highest BCUT2D eigenvalue weighted by Gasteiger charge is 2.70. The van der Waals surface area contributed by atoms with Crippen molar-refractivity contribution in [2.24, 2.45) is 28.6 Å². The van der Waals surface area contributed by atoms with Gasteiger partial charge in [-0.3, -0.25) is 14.4 Å². The molecule has 3 fully saturated rings. The maximum absolute atomic E-state index is 14.4. The van der Waals surface area contributed by atoms with Crippen molar-refractivity contribution in [1.82, 2.24) is 9.78 Å². The number of aromatic nitrogens is 2. The Kier molecular flexibility index (Phi) is 9.58. The first-order chi connectivity index (χ1) is 26.1. The summed E-state index contributed by atoms with van der Waals surface area (Å²) in [4.78, 5) is 40.7. The van der Waals surface area contributed by atoms with Gasteiger partial charge >= 0.3 is 5.97 Å². The van der Waals surface area contributed by atoms with E-state index in [2.05, 4.69) is 32.1 Å². The highest BCUT2D eigenvalue weighted by molar-refractivity contribution is 5.96. The van der Waals surface area contributed by atoms with Crippen LogP contribution < -0.4 is 0 Å². The van der Waals surface area contributed by atoms with Crippen LogP contribution in [0.3, 0.4) is 0 Å². The summed E-state index contributed by atoms with van der Waals surface area (Å²) in [6, 6.07) is 27.9. The van der Waals surface area contributed by atoms with E-state index < -0.39 is 17.1 Å². The first kappa shape index (κ1) is 36.4. The number of esters is 1. The number of aliphatic hydroxyl groups excluding tert-OH is 1. The van der Waals surface area contributed by atoms with E-state index in [4.69, 9.17) is 9.84 Å². The van der Waals surface area contributed by atoms with Gasteiger partial charge in [-0.1, -0.05) is 99.1 Å². The molecular formula is C47H52N2O5. The Morgan fingerprint density at radius 1 is 0.907 bits per heavy atom. The molecule has 3 aromatic carbocycles. The van der Waals surface area contributed by atoms with E-state index in [-0.39, 0.29) is 47.1 Å². The fourth-order valence-corrected chi connectivity index (χ4v) is 11.3. The zero-order valence-corrected chi connectivity index (χ0v) is 31.8. The lowest BCUT2D eigenvalue weighted by molar-refractivity contribution is -0.200. The lowest BCUT2D eigenvalue weighted by Gasteiger charge is -2.60. The Morgan fingerprint density at radius 3 is 2.31 bits per heavy atom. The average Bonchev–Trinajstić information content (AvgIpc) is 3.72. The quantitative estimate of drug-likeness (QED) is 0.123. The molecule has 1 aromatic heterocycles. The van der Waals surface area contributed by atoms with E-state index >= 15 is 0 Å². The number of aliphatic hydroxyl groups is 1. The first-order valence-electron chi connectivity index (χ1n) is 20.0. The van der Waals surface area contributed by atoms with Crippen LogP contribution in [0.2, 0.25) is 0 Å². The van der Waals surface area contributed by atoms with E-state index in [1.807, 2.05) is 83.7 Å². The molecule has 8 rings (SSSR count). The molecule has 7 nitrogen and oxygen atoms in total. The number of carbonyl (C=O) groups excluding carboxylic acids is 3. The number of hydrogen-bond acceptors (Lipinski definition) is 6. The maximum atomic E-state index is 14.4. The molecule has 1 N–H and O–H groups in total. The first-order valence-corrected chi connectivity index (χ1v) is 20.0. The second-order valence-electron chi connectivity index (χ2n) is 16.8. The van der Waals surface area contributed by atoms with E-state index in [0.29, 0.717) is 44.1 Å². The molecule has 3 saturated carbocycles. The highest BCUT2D eigenvalue weighted by Crippen LogP contribution is 2.68. The van der Waals surface area contributed by atoms with Crippen LogP contribution in [0.5, 0.6) is 0 Å². The van der Waals surface area contributed by atoms with Gasteiger partial charge in [0.25, 0.3) is 0 Å². The van der Waals surface area contributed by atoms with E-state index in [9.17, 15) is 19.5 Å². The Morgan fingerprint density at radius 2 is 1.61 bits per heavy atom. The second kappa shape index (κ2) is 14.2. The van der Waals surface area contributed by atoms with Gasteiger partial charge < -0.3 is 9.84 Å². The van der Waals surface area contributed by atoms with Crippen molar-refractivity contribution in [3.63, 3.8) is 0 Å². The van der Waals surface area contributed by atoms with Crippen LogP contribution in [0.15, 0.2) is 96.7 Å². The molecule has 0 saturated heterocycles. The van der Waals surface area contributed by atoms with Crippen LogP contribution in [0.1, 0.15) is 105 Å². The molecule has 54 heavy (non-hydrogen) atoms. The molecule has 0 radical (unpaired) electrons. The number of carbonyl (C=O) groups is 3. The Hall–Kier alpha value is -4.62. The second-order valence-corrected chi connectivity index (χ2v) is 16.8. The van der Waals surface area contributed by atoms with Crippen molar-refractivity contribution in [2.75, 3.05) is 0 Å². The van der Waals surface area contributed by atoms with Crippen molar-refractivity contribution < 1.29 is 24.2 Å². The Bertz CT molecular complexity index is 2090. The summed E-state index contributed by atoms with van der Waals surface area (Å²) < 4.78 is 8.30. The fraction of sp³-hybridized carbons (Fsp3) is 0.447. The van der Waals surface area contributed by atoms with Crippen LogP contribution in [-0.2, 0) is 33.6 Å². The number of nitrogens with zero attached hydrogens (tertiary/aromatic N) is 2. The van der Waals surface area contributed by atoms with Gasteiger partial charge in [0.05, 0.1) is 23.7 Å². The smallest absolute Gasteiger partial charge is 0.306 e. The van der Waals surface area contributed by atoms with Crippen LogP contribution in [-0.4, -0.2) is 44.1 Å².